The van der Waals surface area contributed by atoms with Gasteiger partial charge in [-0.25, -0.2) is 8.42 Å². The van der Waals surface area contributed by atoms with Crippen molar-refractivity contribution in [3.63, 3.8) is 0 Å². The van der Waals surface area contributed by atoms with Crippen molar-refractivity contribution in [1.82, 2.24) is 0 Å². The molecule has 106 valence electrons. The van der Waals surface area contributed by atoms with Gasteiger partial charge in [-0.3, -0.25) is 0 Å². The Bertz CT molecular complexity index is 380. The van der Waals surface area contributed by atoms with E-state index in [2.05, 4.69) is 6.58 Å². The van der Waals surface area contributed by atoms with Crippen molar-refractivity contribution in [2.45, 2.75) is 30.7 Å². The van der Waals surface area contributed by atoms with Crippen LogP contribution < -0.4 is 0 Å². The Labute approximate surface area is 104 Å². The van der Waals surface area contributed by atoms with Crippen LogP contribution in [0.2, 0.25) is 0 Å². The molecule has 1 rings (SSSR count). The summed E-state index contributed by atoms with van der Waals surface area (Å²) in [6.07, 6.45) is -6.35. The van der Waals surface area contributed by atoms with Crippen LogP contribution >= 0.6 is 0 Å². The van der Waals surface area contributed by atoms with Crippen LogP contribution in [0.4, 0.5) is 0 Å². The molecule has 0 aliphatic carbocycles. The Morgan fingerprint density at radius 3 is 2.39 bits per heavy atom. The molecule has 9 heteroatoms. The molecule has 0 amide bonds. The van der Waals surface area contributed by atoms with Gasteiger partial charge in [0.2, 0.25) is 0 Å². The number of ether oxygens (including phenoxy) is 2. The van der Waals surface area contributed by atoms with Crippen molar-refractivity contribution < 1.29 is 37.8 Å². The van der Waals surface area contributed by atoms with E-state index in [4.69, 9.17) is 9.47 Å². The van der Waals surface area contributed by atoms with Crippen molar-refractivity contribution in [3.8, 4) is 0 Å². The van der Waals surface area contributed by atoms with Gasteiger partial charge in [-0.2, -0.15) is 0 Å². The van der Waals surface area contributed by atoms with Crippen LogP contribution in [0.15, 0.2) is 12.7 Å². The highest BCUT2D eigenvalue weighted by molar-refractivity contribution is 7.85. The van der Waals surface area contributed by atoms with Gasteiger partial charge in [0.25, 0.3) is 0 Å². The van der Waals surface area contributed by atoms with Crippen molar-refractivity contribution in [1.29, 1.82) is 0 Å². The number of hydrogen-bond donors (Lipinski definition) is 3. The highest BCUT2D eigenvalue weighted by Gasteiger charge is 2.44. The highest BCUT2D eigenvalue weighted by atomic mass is 32.2. The van der Waals surface area contributed by atoms with Crippen molar-refractivity contribution >= 4 is 10.1 Å². The lowest BCUT2D eigenvalue weighted by Crippen LogP contribution is -2.59. The summed E-state index contributed by atoms with van der Waals surface area (Å²) in [5, 5.41) is 28.5. The maximum Gasteiger partial charge on any atom is 0.186 e. The molecular formula is C9H15O8S-. The van der Waals surface area contributed by atoms with E-state index < -0.39 is 46.6 Å². The molecule has 1 saturated heterocycles. The first kappa shape index (κ1) is 15.5. The quantitative estimate of drug-likeness (QED) is 0.373. The summed E-state index contributed by atoms with van der Waals surface area (Å²) < 4.78 is 41.7. The zero-order valence-corrected chi connectivity index (χ0v) is 10.2. The van der Waals surface area contributed by atoms with E-state index in [-0.39, 0.29) is 6.61 Å². The van der Waals surface area contributed by atoms with E-state index in [0.29, 0.717) is 0 Å². The lowest BCUT2D eigenvalue weighted by atomic mass is 10.00. The monoisotopic (exact) mass is 283 g/mol. The van der Waals surface area contributed by atoms with Crippen LogP contribution in [0.3, 0.4) is 0 Å². The molecule has 3 N–H and O–H groups in total. The van der Waals surface area contributed by atoms with Crippen LogP contribution in [-0.2, 0) is 19.6 Å². The molecule has 5 unspecified atom stereocenters. The summed E-state index contributed by atoms with van der Waals surface area (Å²) in [6, 6.07) is 0. The summed E-state index contributed by atoms with van der Waals surface area (Å²) >= 11 is 0. The van der Waals surface area contributed by atoms with Crippen molar-refractivity contribution in [2.24, 2.45) is 0 Å². The van der Waals surface area contributed by atoms with Gasteiger partial charge in [-0.1, -0.05) is 6.08 Å². The minimum Gasteiger partial charge on any atom is -0.748 e. The van der Waals surface area contributed by atoms with Gasteiger partial charge < -0.3 is 29.3 Å². The van der Waals surface area contributed by atoms with E-state index in [1.54, 1.807) is 0 Å². The van der Waals surface area contributed by atoms with Gasteiger partial charge >= 0.3 is 0 Å². The van der Waals surface area contributed by atoms with Crippen LogP contribution in [0.25, 0.3) is 0 Å². The Morgan fingerprint density at radius 2 is 1.89 bits per heavy atom. The Balaban J connectivity index is 2.76. The molecule has 1 aliphatic rings. The van der Waals surface area contributed by atoms with E-state index in [1.807, 2.05) is 0 Å². The molecule has 0 aromatic heterocycles. The second-order valence-corrected chi connectivity index (χ2v) is 5.31. The Morgan fingerprint density at radius 1 is 1.28 bits per heavy atom. The summed E-state index contributed by atoms with van der Waals surface area (Å²) in [4.78, 5) is 0. The standard InChI is InChI=1S/C9H16O8S/c1-2-3-16-9-8(12)7(11)6(10)5(17-9)4-18(13,14)15/h2,5-12H,1,3-4H2,(H,13,14,15)/p-1. The molecular weight excluding hydrogens is 268 g/mol. The average Bonchev–Trinajstić information content (AvgIpc) is 2.27. The lowest BCUT2D eigenvalue weighted by molar-refractivity contribution is -0.289. The SMILES string of the molecule is C=CCOC1OC(CS(=O)(=O)[O-])C(O)C(O)C1O. The Hall–Kier alpha value is -0.550. The van der Waals surface area contributed by atoms with E-state index >= 15 is 0 Å². The first-order valence-electron chi connectivity index (χ1n) is 5.12. The first-order chi connectivity index (χ1) is 8.26. The lowest BCUT2D eigenvalue weighted by Gasteiger charge is -2.40. The van der Waals surface area contributed by atoms with Gasteiger partial charge in [-0.15, -0.1) is 6.58 Å². The number of hydrogen-bond acceptors (Lipinski definition) is 8. The third-order valence-corrected chi connectivity index (χ3v) is 3.15. The Kier molecular flexibility index (Phi) is 5.22. The summed E-state index contributed by atoms with van der Waals surface area (Å²) in [6.45, 7) is 3.35. The highest BCUT2D eigenvalue weighted by Crippen LogP contribution is 2.22. The van der Waals surface area contributed by atoms with E-state index in [9.17, 15) is 28.3 Å². The molecule has 0 spiro atoms. The maximum atomic E-state index is 10.6. The van der Waals surface area contributed by atoms with Gasteiger partial charge in [0.15, 0.2) is 6.29 Å². The molecule has 18 heavy (non-hydrogen) atoms. The maximum absolute atomic E-state index is 10.6. The fourth-order valence-corrected chi connectivity index (χ4v) is 2.23. The van der Waals surface area contributed by atoms with Gasteiger partial charge in [0.05, 0.1) is 22.5 Å². The fraction of sp³-hybridized carbons (Fsp3) is 0.778. The zero-order chi connectivity index (χ0) is 13.9. The summed E-state index contributed by atoms with van der Waals surface area (Å²) in [5.41, 5.74) is 0. The molecule has 0 bridgehead atoms. The zero-order valence-electron chi connectivity index (χ0n) is 9.38. The molecule has 1 fully saturated rings. The van der Waals surface area contributed by atoms with Crippen LogP contribution in [0.1, 0.15) is 0 Å². The van der Waals surface area contributed by atoms with Crippen LogP contribution in [0.5, 0.6) is 0 Å². The molecule has 0 saturated carbocycles. The van der Waals surface area contributed by atoms with Crippen LogP contribution in [-0.4, -0.2) is 71.4 Å². The number of rotatable bonds is 5. The smallest absolute Gasteiger partial charge is 0.186 e. The summed E-state index contributed by atoms with van der Waals surface area (Å²) in [5.74, 6) is -1.02. The third-order valence-electron chi connectivity index (χ3n) is 2.42. The predicted molar refractivity (Wildman–Crippen MR) is 57.4 cm³/mol. The average molecular weight is 283 g/mol. The van der Waals surface area contributed by atoms with Crippen molar-refractivity contribution in [3.05, 3.63) is 12.7 Å². The molecule has 1 heterocycles. The van der Waals surface area contributed by atoms with Gasteiger partial charge in [0, 0.05) is 0 Å². The normalized spacial score (nSPS) is 37.4. The van der Waals surface area contributed by atoms with Crippen molar-refractivity contribution in [2.75, 3.05) is 12.4 Å². The second-order valence-electron chi connectivity index (χ2n) is 3.86. The van der Waals surface area contributed by atoms with Gasteiger partial charge in [0.1, 0.15) is 24.4 Å². The predicted octanol–water partition coefficient (Wildman–Crippen LogP) is -2.46. The molecule has 0 aromatic carbocycles. The number of aliphatic hydroxyl groups is 3. The largest absolute Gasteiger partial charge is 0.748 e. The van der Waals surface area contributed by atoms with E-state index in [1.165, 1.54) is 6.08 Å². The molecule has 8 nitrogen and oxygen atoms in total. The molecule has 0 radical (unpaired) electrons. The first-order valence-corrected chi connectivity index (χ1v) is 6.69. The topological polar surface area (TPSA) is 136 Å². The fourth-order valence-electron chi connectivity index (χ4n) is 1.56. The van der Waals surface area contributed by atoms with Crippen LogP contribution in [0, 0.1) is 0 Å². The van der Waals surface area contributed by atoms with Gasteiger partial charge in [-0.05, 0) is 0 Å². The molecule has 0 aromatic rings. The minimum absolute atomic E-state index is 0.0125. The van der Waals surface area contributed by atoms with E-state index in [0.717, 1.165) is 0 Å². The minimum atomic E-state index is -4.64. The molecule has 5 atom stereocenters. The second kappa shape index (κ2) is 6.06. The summed E-state index contributed by atoms with van der Waals surface area (Å²) in [7, 11) is -4.64. The number of aliphatic hydroxyl groups excluding tert-OH is 3. The molecule has 1 aliphatic heterocycles. The third kappa shape index (κ3) is 3.99.